The topological polar surface area (TPSA) is 78.9 Å². The van der Waals surface area contributed by atoms with Crippen molar-refractivity contribution in [2.75, 3.05) is 13.2 Å². The van der Waals surface area contributed by atoms with Gasteiger partial charge in [-0.3, -0.25) is 14.4 Å². The van der Waals surface area contributed by atoms with Crippen molar-refractivity contribution < 1.29 is 28.6 Å². The molecule has 0 fully saturated rings. The quantitative estimate of drug-likeness (QED) is 0.0261. The van der Waals surface area contributed by atoms with Crippen molar-refractivity contribution in [1.82, 2.24) is 0 Å². The maximum absolute atomic E-state index is 12.8. The first-order valence-electron chi connectivity index (χ1n) is 30.5. The Bertz CT molecular complexity index is 1720. The van der Waals surface area contributed by atoms with Gasteiger partial charge >= 0.3 is 17.9 Å². The van der Waals surface area contributed by atoms with E-state index in [1.54, 1.807) is 0 Å². The molecule has 0 saturated carbocycles. The number of allylic oxidation sites excluding steroid dienone is 26. The smallest absolute Gasteiger partial charge is 0.306 e. The maximum Gasteiger partial charge on any atom is 0.306 e. The highest BCUT2D eigenvalue weighted by Gasteiger charge is 2.19. The summed E-state index contributed by atoms with van der Waals surface area (Å²) in [6.07, 6.45) is 91.1. The first kappa shape index (κ1) is 71.0. The molecule has 0 N–H and O–H groups in total. The second-order valence-corrected chi connectivity index (χ2v) is 19.5. The van der Waals surface area contributed by atoms with Gasteiger partial charge in [-0.2, -0.15) is 0 Å². The number of rotatable bonds is 53. The number of carbonyl (C=O) groups excluding carboxylic acids is 3. The predicted octanol–water partition coefficient (Wildman–Crippen LogP) is 20.9. The lowest BCUT2D eigenvalue weighted by molar-refractivity contribution is -0.167. The van der Waals surface area contributed by atoms with Crippen LogP contribution in [0.2, 0.25) is 0 Å². The van der Waals surface area contributed by atoms with Gasteiger partial charge in [-0.05, 0) is 141 Å². The van der Waals surface area contributed by atoms with Crippen LogP contribution in [0.15, 0.2) is 158 Å². The third kappa shape index (κ3) is 59.9. The molecule has 0 heterocycles. The van der Waals surface area contributed by atoms with Gasteiger partial charge in [-0.25, -0.2) is 0 Å². The number of ether oxygens (including phenoxy) is 3. The Hall–Kier alpha value is -4.97. The maximum atomic E-state index is 12.8. The Morgan fingerprint density at radius 3 is 0.842 bits per heavy atom. The first-order valence-corrected chi connectivity index (χ1v) is 30.5. The molecule has 0 aromatic carbocycles. The molecule has 1 atom stereocenters. The van der Waals surface area contributed by atoms with Gasteiger partial charge in [-0.15, -0.1) is 0 Å². The molecule has 0 amide bonds. The van der Waals surface area contributed by atoms with E-state index in [0.29, 0.717) is 25.7 Å². The van der Waals surface area contributed by atoms with Crippen molar-refractivity contribution in [3.63, 3.8) is 0 Å². The van der Waals surface area contributed by atoms with Crippen molar-refractivity contribution in [2.45, 2.75) is 252 Å². The molecule has 0 aliphatic heterocycles. The van der Waals surface area contributed by atoms with Crippen LogP contribution in [0.5, 0.6) is 0 Å². The van der Waals surface area contributed by atoms with E-state index >= 15 is 0 Å². The summed E-state index contributed by atoms with van der Waals surface area (Å²) in [4.78, 5) is 38.1. The molecular weight excluding hydrogens is 937 g/mol. The third-order valence-electron chi connectivity index (χ3n) is 12.2. The molecule has 0 aromatic heterocycles. The minimum atomic E-state index is -0.813. The SMILES string of the molecule is CC/C=C\C/C=C\C/C=C\C/C=C\C/C=C\C/C=C\C/C=C\C/C=C\C/C=C\C/C=C\CCCCC(=O)OCC(COC(=O)CCCCCCC/C=C\CCCC)OC(=O)CCCCCCC/C=C\C/C=C\CCCC. The van der Waals surface area contributed by atoms with E-state index in [4.69, 9.17) is 14.2 Å². The van der Waals surface area contributed by atoms with Gasteiger partial charge < -0.3 is 14.2 Å². The van der Waals surface area contributed by atoms with Crippen molar-refractivity contribution >= 4 is 17.9 Å². The average Bonchev–Trinajstić information content (AvgIpc) is 3.42. The summed E-state index contributed by atoms with van der Waals surface area (Å²) in [6.45, 7) is 6.37. The Balaban J connectivity index is 4.36. The molecular formula is C70H110O6. The summed E-state index contributed by atoms with van der Waals surface area (Å²) < 4.78 is 16.8. The number of esters is 3. The van der Waals surface area contributed by atoms with Crippen LogP contribution in [0.1, 0.15) is 245 Å². The van der Waals surface area contributed by atoms with Crippen LogP contribution in [0.3, 0.4) is 0 Å². The molecule has 0 saturated heterocycles. The van der Waals surface area contributed by atoms with Crippen LogP contribution >= 0.6 is 0 Å². The summed E-state index contributed by atoms with van der Waals surface area (Å²) in [5.41, 5.74) is 0. The van der Waals surface area contributed by atoms with Crippen molar-refractivity contribution in [1.29, 1.82) is 0 Å². The van der Waals surface area contributed by atoms with Crippen molar-refractivity contribution in [2.24, 2.45) is 0 Å². The summed E-state index contributed by atoms with van der Waals surface area (Å²) in [7, 11) is 0. The normalized spacial score (nSPS) is 13.2. The van der Waals surface area contributed by atoms with Crippen LogP contribution < -0.4 is 0 Å². The largest absolute Gasteiger partial charge is 0.462 e. The molecule has 0 aliphatic carbocycles. The zero-order valence-electron chi connectivity index (χ0n) is 48.7. The molecule has 0 aliphatic rings. The Kier molecular flexibility index (Phi) is 58.5. The van der Waals surface area contributed by atoms with Gasteiger partial charge in [0.2, 0.25) is 0 Å². The second kappa shape index (κ2) is 62.6. The Labute approximate surface area is 467 Å². The highest BCUT2D eigenvalue weighted by Crippen LogP contribution is 2.13. The van der Waals surface area contributed by atoms with Gasteiger partial charge in [0.15, 0.2) is 6.10 Å². The number of unbranched alkanes of at least 4 members (excludes halogenated alkanes) is 16. The molecule has 76 heavy (non-hydrogen) atoms. The van der Waals surface area contributed by atoms with Crippen LogP contribution in [-0.4, -0.2) is 37.2 Å². The lowest BCUT2D eigenvalue weighted by Crippen LogP contribution is -2.30. The van der Waals surface area contributed by atoms with E-state index in [0.717, 1.165) is 154 Å². The standard InChI is InChI=1S/C70H110O6/c1-4-7-10-13-16-19-22-24-26-27-28-29-30-31-32-33-34-35-36-37-38-39-40-41-42-43-44-46-48-51-54-57-60-63-69(72)75-66-67(65-74-68(71)62-59-56-53-50-47-21-18-15-12-9-6-3)76-70(73)64-61-58-55-52-49-45-25-23-20-17-14-11-8-5-2/h7,10,14-19,23-26,28-29,31-32,34-35,37-38,40-41,43-44,48,51,67H,4-6,8-9,11-13,20-22,27,30,33,36,39,42,45-47,49-50,52-66H2,1-3H3/b10-7-,17-14-,18-15-,19-16-,25-23-,26-24-,29-28-,32-31-,35-34-,38-37-,41-40-,44-43-,51-48-. The Morgan fingerprint density at radius 2 is 0.513 bits per heavy atom. The fourth-order valence-corrected chi connectivity index (χ4v) is 7.64. The van der Waals surface area contributed by atoms with Gasteiger partial charge in [0.25, 0.3) is 0 Å². The summed E-state index contributed by atoms with van der Waals surface area (Å²) >= 11 is 0. The third-order valence-corrected chi connectivity index (χ3v) is 12.2. The van der Waals surface area contributed by atoms with Crippen LogP contribution in [0, 0.1) is 0 Å². The zero-order valence-corrected chi connectivity index (χ0v) is 48.7. The summed E-state index contributed by atoms with van der Waals surface area (Å²) in [6, 6.07) is 0. The van der Waals surface area contributed by atoms with Crippen molar-refractivity contribution in [3.8, 4) is 0 Å². The molecule has 1 unspecified atom stereocenters. The monoisotopic (exact) mass is 1050 g/mol. The minimum absolute atomic E-state index is 0.108. The minimum Gasteiger partial charge on any atom is -0.462 e. The highest BCUT2D eigenvalue weighted by atomic mass is 16.6. The zero-order chi connectivity index (χ0) is 55.0. The van der Waals surface area contributed by atoms with Crippen molar-refractivity contribution in [3.05, 3.63) is 158 Å². The highest BCUT2D eigenvalue weighted by molar-refractivity contribution is 5.71. The Morgan fingerprint density at radius 1 is 0.276 bits per heavy atom. The molecule has 0 radical (unpaired) electrons. The number of hydrogen-bond acceptors (Lipinski definition) is 6. The summed E-state index contributed by atoms with van der Waals surface area (Å²) in [5.74, 6) is -0.985. The van der Waals surface area contributed by atoms with E-state index in [-0.39, 0.29) is 31.1 Å². The molecule has 0 bridgehead atoms. The lowest BCUT2D eigenvalue weighted by Gasteiger charge is -2.18. The second-order valence-electron chi connectivity index (χ2n) is 19.5. The van der Waals surface area contributed by atoms with E-state index in [2.05, 4.69) is 179 Å². The number of carbonyl (C=O) groups is 3. The fourth-order valence-electron chi connectivity index (χ4n) is 7.64. The molecule has 6 nitrogen and oxygen atoms in total. The fraction of sp³-hybridized carbons (Fsp3) is 0.586. The molecule has 0 rings (SSSR count). The summed E-state index contributed by atoms with van der Waals surface area (Å²) in [5, 5.41) is 0. The van der Waals surface area contributed by atoms with Crippen LogP contribution in [0.4, 0.5) is 0 Å². The van der Waals surface area contributed by atoms with E-state index in [9.17, 15) is 14.4 Å². The number of hydrogen-bond donors (Lipinski definition) is 0. The first-order chi connectivity index (χ1) is 37.5. The molecule has 0 spiro atoms. The van der Waals surface area contributed by atoms with Gasteiger partial charge in [-0.1, -0.05) is 243 Å². The van der Waals surface area contributed by atoms with Gasteiger partial charge in [0, 0.05) is 19.3 Å². The van der Waals surface area contributed by atoms with E-state index in [1.165, 1.54) is 44.9 Å². The average molecular weight is 1050 g/mol. The van der Waals surface area contributed by atoms with Crippen LogP contribution in [-0.2, 0) is 28.6 Å². The molecule has 426 valence electrons. The van der Waals surface area contributed by atoms with E-state index < -0.39 is 6.10 Å². The predicted molar refractivity (Wildman–Crippen MR) is 329 cm³/mol. The molecule has 6 heteroatoms. The van der Waals surface area contributed by atoms with Gasteiger partial charge in [0.1, 0.15) is 13.2 Å². The van der Waals surface area contributed by atoms with Gasteiger partial charge in [0.05, 0.1) is 0 Å². The van der Waals surface area contributed by atoms with E-state index in [1.807, 2.05) is 0 Å². The molecule has 0 aromatic rings. The lowest BCUT2D eigenvalue weighted by atomic mass is 10.1. The van der Waals surface area contributed by atoms with Crippen LogP contribution in [0.25, 0.3) is 0 Å².